The zero-order valence-electron chi connectivity index (χ0n) is 25.7. The zero-order valence-corrected chi connectivity index (χ0v) is 25.7. The Morgan fingerprint density at radius 1 is 0.354 bits per heavy atom. The molecule has 4 aromatic heterocycles. The summed E-state index contributed by atoms with van der Waals surface area (Å²) in [6.07, 6.45) is 6.99. The van der Waals surface area contributed by atoms with E-state index in [2.05, 4.69) is 119 Å². The summed E-state index contributed by atoms with van der Waals surface area (Å²) >= 11 is 0. The highest BCUT2D eigenvalue weighted by atomic mass is 15.0. The number of pyridine rings is 3. The van der Waals surface area contributed by atoms with Crippen LogP contribution in [0.1, 0.15) is 0 Å². The molecule has 48 heavy (non-hydrogen) atoms. The van der Waals surface area contributed by atoms with Crippen LogP contribution in [0.2, 0.25) is 0 Å². The van der Waals surface area contributed by atoms with Gasteiger partial charge >= 0.3 is 0 Å². The number of rotatable bonds is 5. The number of fused-ring (bicyclic) bond motifs is 5. The van der Waals surface area contributed by atoms with E-state index in [4.69, 9.17) is 19.9 Å². The minimum atomic E-state index is 0.569. The summed E-state index contributed by atoms with van der Waals surface area (Å²) in [6.45, 7) is 0. The Morgan fingerprint density at radius 3 is 1.81 bits per heavy atom. The van der Waals surface area contributed by atoms with E-state index in [1.807, 2.05) is 24.3 Å². The normalized spacial score (nSPS) is 11.3. The highest BCUT2D eigenvalue weighted by Gasteiger charge is 2.15. The molecule has 0 aliphatic heterocycles. The molecule has 0 radical (unpaired) electrons. The summed E-state index contributed by atoms with van der Waals surface area (Å²) in [5.74, 6) is 1.75. The lowest BCUT2D eigenvalue weighted by atomic mass is 9.94. The lowest BCUT2D eigenvalue weighted by Crippen LogP contribution is -2.00. The Hall–Kier alpha value is -6.66. The fourth-order valence-corrected chi connectivity index (χ4v) is 6.36. The predicted molar refractivity (Wildman–Crippen MR) is 193 cm³/mol. The zero-order chi connectivity index (χ0) is 31.9. The first-order valence-corrected chi connectivity index (χ1v) is 15.8. The average molecular weight is 615 g/mol. The summed E-state index contributed by atoms with van der Waals surface area (Å²) in [7, 11) is 0. The highest BCUT2D eigenvalue weighted by molar-refractivity contribution is 6.22. The molecule has 0 saturated carbocycles. The largest absolute Gasteiger partial charge is 0.265 e. The molecule has 0 unspecified atom stereocenters. The molecule has 0 N–H and O–H groups in total. The molecule has 9 rings (SSSR count). The van der Waals surface area contributed by atoms with Crippen LogP contribution in [0, 0.1) is 0 Å². The van der Waals surface area contributed by atoms with E-state index in [0.717, 1.165) is 55.4 Å². The maximum Gasteiger partial charge on any atom is 0.165 e. The van der Waals surface area contributed by atoms with Gasteiger partial charge in [0.2, 0.25) is 0 Å². The van der Waals surface area contributed by atoms with E-state index in [-0.39, 0.29) is 0 Å². The van der Waals surface area contributed by atoms with Crippen LogP contribution in [-0.4, -0.2) is 29.9 Å². The Morgan fingerprint density at radius 2 is 1.02 bits per heavy atom. The van der Waals surface area contributed by atoms with Gasteiger partial charge in [-0.05, 0) is 58.3 Å². The lowest BCUT2D eigenvalue weighted by molar-refractivity contribution is 1.07. The summed E-state index contributed by atoms with van der Waals surface area (Å²) in [4.78, 5) is 28.1. The van der Waals surface area contributed by atoms with Gasteiger partial charge in [0.1, 0.15) is 0 Å². The predicted octanol–water partition coefficient (Wildman–Crippen LogP) is 9.85. The highest BCUT2D eigenvalue weighted by Crippen LogP contribution is 2.38. The van der Waals surface area contributed by atoms with Crippen molar-refractivity contribution < 1.29 is 0 Å². The van der Waals surface area contributed by atoms with E-state index < -0.39 is 0 Å². The van der Waals surface area contributed by atoms with Crippen molar-refractivity contribution in [3.8, 4) is 56.5 Å². The van der Waals surface area contributed by atoms with Crippen molar-refractivity contribution in [2.45, 2.75) is 0 Å². The maximum atomic E-state index is 5.20. The monoisotopic (exact) mass is 614 g/mol. The standard InChI is InChI=1S/C42H26N6/c1-2-11-34-28(7-1)18-19-36-38(34)35-12-3-4-13-37(35)45-39(36)32-9-5-8-31(25-32)27-14-16-29(17-15-27)40-46-41(30-20-23-43-24-21-30)48-42(47-40)33-10-6-22-44-26-33/h1-26H. The summed E-state index contributed by atoms with van der Waals surface area (Å²) < 4.78 is 0. The van der Waals surface area contributed by atoms with Gasteiger partial charge in [-0.3, -0.25) is 9.97 Å². The van der Waals surface area contributed by atoms with Crippen molar-refractivity contribution in [1.29, 1.82) is 0 Å². The van der Waals surface area contributed by atoms with Gasteiger partial charge in [-0.2, -0.15) is 0 Å². The smallest absolute Gasteiger partial charge is 0.165 e. The van der Waals surface area contributed by atoms with E-state index in [1.165, 1.54) is 16.2 Å². The third-order valence-electron chi connectivity index (χ3n) is 8.70. The summed E-state index contributed by atoms with van der Waals surface area (Å²) in [6, 6.07) is 46.0. The van der Waals surface area contributed by atoms with Crippen LogP contribution in [0.15, 0.2) is 158 Å². The molecular formula is C42H26N6. The first kappa shape index (κ1) is 27.6. The van der Waals surface area contributed by atoms with Gasteiger partial charge in [0.05, 0.1) is 11.2 Å². The third kappa shape index (κ3) is 4.93. The molecule has 0 saturated heterocycles. The third-order valence-corrected chi connectivity index (χ3v) is 8.70. The van der Waals surface area contributed by atoms with Gasteiger partial charge in [0, 0.05) is 63.2 Å². The molecule has 9 aromatic rings. The van der Waals surface area contributed by atoms with E-state index in [9.17, 15) is 0 Å². The van der Waals surface area contributed by atoms with Gasteiger partial charge in [-0.1, -0.05) is 97.1 Å². The quantitative estimate of drug-likeness (QED) is 0.180. The number of aromatic nitrogens is 6. The molecule has 6 heteroatoms. The molecule has 6 nitrogen and oxygen atoms in total. The minimum absolute atomic E-state index is 0.569. The fraction of sp³-hybridized carbons (Fsp3) is 0. The first-order valence-electron chi connectivity index (χ1n) is 15.8. The number of nitrogens with zero attached hydrogens (tertiary/aromatic N) is 6. The van der Waals surface area contributed by atoms with Crippen molar-refractivity contribution >= 4 is 32.4 Å². The van der Waals surface area contributed by atoms with Gasteiger partial charge in [-0.15, -0.1) is 0 Å². The van der Waals surface area contributed by atoms with Crippen LogP contribution < -0.4 is 0 Å². The second kappa shape index (κ2) is 11.6. The van der Waals surface area contributed by atoms with Crippen molar-refractivity contribution in [1.82, 2.24) is 29.9 Å². The van der Waals surface area contributed by atoms with Crippen molar-refractivity contribution in [2.75, 3.05) is 0 Å². The molecule has 0 amide bonds. The van der Waals surface area contributed by atoms with Crippen LogP contribution in [0.5, 0.6) is 0 Å². The first-order chi connectivity index (χ1) is 23.8. The lowest BCUT2D eigenvalue weighted by Gasteiger charge is -2.13. The average Bonchev–Trinajstić information content (AvgIpc) is 3.18. The van der Waals surface area contributed by atoms with Crippen molar-refractivity contribution in [3.63, 3.8) is 0 Å². The second-order valence-electron chi connectivity index (χ2n) is 11.6. The molecule has 0 atom stereocenters. The van der Waals surface area contributed by atoms with E-state index in [1.54, 1.807) is 24.8 Å². The van der Waals surface area contributed by atoms with Crippen molar-refractivity contribution in [2.24, 2.45) is 0 Å². The molecule has 0 aliphatic carbocycles. The van der Waals surface area contributed by atoms with Gasteiger partial charge in [-0.25, -0.2) is 19.9 Å². The summed E-state index contributed by atoms with van der Waals surface area (Å²) in [5, 5.41) is 6.00. The number of hydrogen-bond donors (Lipinski definition) is 0. The van der Waals surface area contributed by atoms with E-state index in [0.29, 0.717) is 17.5 Å². The molecule has 0 fully saturated rings. The fourth-order valence-electron chi connectivity index (χ4n) is 6.36. The molecule has 4 heterocycles. The van der Waals surface area contributed by atoms with E-state index >= 15 is 0 Å². The maximum absolute atomic E-state index is 5.20. The van der Waals surface area contributed by atoms with Crippen LogP contribution in [0.25, 0.3) is 89.0 Å². The Kier molecular flexibility index (Phi) is 6.68. The molecule has 5 aromatic carbocycles. The molecule has 0 aliphatic rings. The molecular weight excluding hydrogens is 589 g/mol. The van der Waals surface area contributed by atoms with Crippen molar-refractivity contribution in [3.05, 3.63) is 158 Å². The number of benzene rings is 5. The molecule has 0 spiro atoms. The van der Waals surface area contributed by atoms with Crippen LogP contribution >= 0.6 is 0 Å². The van der Waals surface area contributed by atoms with Gasteiger partial charge in [0.25, 0.3) is 0 Å². The Bertz CT molecular complexity index is 2530. The van der Waals surface area contributed by atoms with Gasteiger partial charge in [0.15, 0.2) is 17.5 Å². The second-order valence-corrected chi connectivity index (χ2v) is 11.6. The van der Waals surface area contributed by atoms with Crippen LogP contribution in [0.4, 0.5) is 0 Å². The summed E-state index contributed by atoms with van der Waals surface area (Å²) in [5.41, 5.74) is 7.82. The molecule has 224 valence electrons. The van der Waals surface area contributed by atoms with Crippen LogP contribution in [-0.2, 0) is 0 Å². The van der Waals surface area contributed by atoms with Crippen LogP contribution in [0.3, 0.4) is 0 Å². The Labute approximate surface area is 276 Å². The Balaban J connectivity index is 1.13. The molecule has 0 bridgehead atoms. The minimum Gasteiger partial charge on any atom is -0.265 e. The SMILES string of the molecule is c1cncc(-c2nc(-c3ccncc3)nc(-c3ccc(-c4cccc(-c5nc6ccccc6c6c5ccc5ccccc56)c4)cc3)n2)c1. The number of para-hydroxylation sites is 1. The number of hydrogen-bond acceptors (Lipinski definition) is 6. The topological polar surface area (TPSA) is 77.3 Å². The van der Waals surface area contributed by atoms with Gasteiger partial charge < -0.3 is 0 Å².